The molecular weight excluding hydrogens is 689 g/mol. The van der Waals surface area contributed by atoms with E-state index in [1.807, 2.05) is 0 Å². The minimum Gasteiger partial charge on any atom is -0.324 e. The SMILES string of the molecule is c1ccc2cc3c4[nH]c(c3cc2c1)N=c1[nH]c(c2cc3ccccc3cc12)=Nc1[nH]c(c2cc3ccccc3cc12)N=c1[nH]c(c2cc3ccccc3cc12)=N4. The van der Waals surface area contributed by atoms with Gasteiger partial charge in [-0.1, -0.05) is 97.1 Å². The molecule has 56 heavy (non-hydrogen) atoms. The molecule has 0 aliphatic carbocycles. The number of aromatic nitrogens is 4. The molecule has 0 atom stereocenters. The lowest BCUT2D eigenvalue weighted by Gasteiger charge is -2.00. The first-order valence-corrected chi connectivity index (χ1v) is 18.7. The van der Waals surface area contributed by atoms with Gasteiger partial charge in [0.25, 0.3) is 0 Å². The molecule has 8 heteroatoms. The summed E-state index contributed by atoms with van der Waals surface area (Å²) < 4.78 is 0. The predicted octanol–water partition coefficient (Wildman–Crippen LogP) is 10.3. The van der Waals surface area contributed by atoms with E-state index < -0.39 is 0 Å². The second-order valence-corrected chi connectivity index (χ2v) is 14.7. The molecule has 8 nitrogen and oxygen atoms in total. The van der Waals surface area contributed by atoms with E-state index in [1.165, 1.54) is 0 Å². The van der Waals surface area contributed by atoms with Crippen molar-refractivity contribution in [1.82, 2.24) is 19.9 Å². The first-order valence-electron chi connectivity index (χ1n) is 18.7. The fourth-order valence-corrected chi connectivity index (χ4v) is 8.67. The predicted molar refractivity (Wildman–Crippen MR) is 226 cm³/mol. The van der Waals surface area contributed by atoms with Crippen molar-refractivity contribution < 1.29 is 0 Å². The van der Waals surface area contributed by atoms with Crippen LogP contribution in [-0.2, 0) is 0 Å². The number of hydrogen-bond donors (Lipinski definition) is 4. The molecule has 260 valence electrons. The number of fused-ring (bicyclic) bond motifs is 24. The molecule has 1 aliphatic heterocycles. The average Bonchev–Trinajstić information content (AvgIpc) is 3.95. The Labute approximate surface area is 315 Å². The topological polar surface area (TPSA) is 113 Å². The molecule has 13 rings (SSSR count). The highest BCUT2D eigenvalue weighted by molar-refractivity contribution is 6.09. The number of rotatable bonds is 0. The van der Waals surface area contributed by atoms with Gasteiger partial charge in [0.1, 0.15) is 45.2 Å². The van der Waals surface area contributed by atoms with Gasteiger partial charge in [-0.15, -0.1) is 0 Å². The van der Waals surface area contributed by atoms with E-state index in [0.29, 0.717) is 45.2 Å². The molecule has 0 radical (unpaired) electrons. The van der Waals surface area contributed by atoms with Crippen LogP contribution in [0.25, 0.3) is 86.2 Å². The smallest absolute Gasteiger partial charge is 0.142 e. The first-order chi connectivity index (χ1) is 27.7. The summed E-state index contributed by atoms with van der Waals surface area (Å²) in [4.78, 5) is 36.1. The highest BCUT2D eigenvalue weighted by atomic mass is 15.1. The summed E-state index contributed by atoms with van der Waals surface area (Å²) in [5, 5.41) is 16.9. The molecule has 8 aromatic carbocycles. The third-order valence-corrected chi connectivity index (χ3v) is 11.4. The van der Waals surface area contributed by atoms with Gasteiger partial charge in [0.2, 0.25) is 0 Å². The number of benzene rings is 8. The van der Waals surface area contributed by atoms with E-state index in [-0.39, 0.29) is 0 Å². The van der Waals surface area contributed by atoms with Gasteiger partial charge in [0.15, 0.2) is 0 Å². The van der Waals surface area contributed by atoms with Crippen molar-refractivity contribution in [2.24, 2.45) is 20.0 Å². The van der Waals surface area contributed by atoms with E-state index >= 15 is 0 Å². The summed E-state index contributed by atoms with van der Waals surface area (Å²) >= 11 is 0. The van der Waals surface area contributed by atoms with Crippen LogP contribution in [0.2, 0.25) is 0 Å². The number of nitrogens with zero attached hydrogens (tertiary/aromatic N) is 4. The van der Waals surface area contributed by atoms with Crippen LogP contribution in [0.4, 0.5) is 23.3 Å². The van der Waals surface area contributed by atoms with Gasteiger partial charge in [0.05, 0.1) is 0 Å². The highest BCUT2D eigenvalue weighted by Crippen LogP contribution is 2.39. The lowest BCUT2D eigenvalue weighted by Crippen LogP contribution is -2.10. The van der Waals surface area contributed by atoms with Crippen LogP contribution in [0.15, 0.2) is 166 Å². The molecule has 0 unspecified atom stereocenters. The van der Waals surface area contributed by atoms with E-state index in [0.717, 1.165) is 86.2 Å². The van der Waals surface area contributed by atoms with Crippen molar-refractivity contribution in [3.63, 3.8) is 0 Å². The zero-order valence-corrected chi connectivity index (χ0v) is 29.6. The summed E-state index contributed by atoms with van der Waals surface area (Å²) in [6.07, 6.45) is 0. The first kappa shape index (κ1) is 29.6. The Hall–Kier alpha value is -7.84. The van der Waals surface area contributed by atoms with Crippen molar-refractivity contribution in [3.05, 3.63) is 168 Å². The monoisotopic (exact) mass is 716 g/mol. The molecule has 1 aliphatic rings. The van der Waals surface area contributed by atoms with Crippen molar-refractivity contribution in [2.75, 3.05) is 0 Å². The van der Waals surface area contributed by atoms with E-state index in [1.54, 1.807) is 0 Å². The second kappa shape index (κ2) is 10.9. The normalized spacial score (nSPS) is 12.9. The minimum absolute atomic E-state index is 0.713. The van der Waals surface area contributed by atoms with Crippen LogP contribution >= 0.6 is 0 Å². The summed E-state index contributed by atoms with van der Waals surface area (Å²) in [6.45, 7) is 0. The minimum atomic E-state index is 0.713. The molecule has 5 heterocycles. The molecule has 0 spiro atoms. The van der Waals surface area contributed by atoms with Crippen LogP contribution in [0, 0.1) is 0 Å². The maximum Gasteiger partial charge on any atom is 0.142 e. The maximum absolute atomic E-state index is 5.38. The number of hydrogen-bond acceptors (Lipinski definition) is 4. The van der Waals surface area contributed by atoms with Gasteiger partial charge in [-0.3, -0.25) is 0 Å². The third-order valence-electron chi connectivity index (χ3n) is 11.4. The summed E-state index contributed by atoms with van der Waals surface area (Å²) in [6, 6.07) is 51.3. The van der Waals surface area contributed by atoms with Crippen molar-refractivity contribution in [1.29, 1.82) is 0 Å². The van der Waals surface area contributed by atoms with Gasteiger partial charge >= 0.3 is 0 Å². The Bertz CT molecular complexity index is 3450. The third kappa shape index (κ3) is 4.29. The quantitative estimate of drug-likeness (QED) is 0.120. The molecule has 12 aromatic rings. The molecular formula is C48H28N8. The van der Waals surface area contributed by atoms with Crippen LogP contribution in [0.1, 0.15) is 0 Å². The maximum atomic E-state index is 5.38. The second-order valence-electron chi connectivity index (χ2n) is 14.7. The van der Waals surface area contributed by atoms with Crippen LogP contribution in [-0.4, -0.2) is 19.9 Å². The van der Waals surface area contributed by atoms with Crippen molar-refractivity contribution in [2.45, 2.75) is 0 Å². The largest absolute Gasteiger partial charge is 0.324 e. The average molecular weight is 717 g/mol. The van der Waals surface area contributed by atoms with Crippen LogP contribution in [0.5, 0.6) is 0 Å². The lowest BCUT2D eigenvalue weighted by atomic mass is 10.1. The van der Waals surface area contributed by atoms with Gasteiger partial charge in [-0.2, -0.15) is 0 Å². The molecule has 0 amide bonds. The number of H-pyrrole nitrogens is 4. The molecule has 4 aromatic heterocycles. The molecule has 0 fully saturated rings. The molecule has 0 saturated carbocycles. The molecule has 0 saturated heterocycles. The highest BCUT2D eigenvalue weighted by Gasteiger charge is 2.17. The molecule has 4 N–H and O–H groups in total. The fraction of sp³-hybridized carbons (Fsp3) is 0. The van der Waals surface area contributed by atoms with E-state index in [4.69, 9.17) is 20.0 Å². The van der Waals surface area contributed by atoms with Gasteiger partial charge in [0, 0.05) is 43.1 Å². The Balaban J connectivity index is 1.24. The fourth-order valence-electron chi connectivity index (χ4n) is 8.67. The molecule has 8 bridgehead atoms. The summed E-state index contributed by atoms with van der Waals surface area (Å²) in [5.74, 6) is 2.85. The van der Waals surface area contributed by atoms with Gasteiger partial charge < -0.3 is 19.9 Å². The zero-order chi connectivity index (χ0) is 36.5. The zero-order valence-electron chi connectivity index (χ0n) is 29.6. The number of nitrogens with one attached hydrogen (secondary N) is 4. The summed E-state index contributed by atoms with van der Waals surface area (Å²) in [5.41, 5.74) is 2.85. The Kier molecular flexibility index (Phi) is 5.74. The lowest BCUT2D eigenvalue weighted by molar-refractivity contribution is 1.08. The van der Waals surface area contributed by atoms with Crippen molar-refractivity contribution >= 4 is 109 Å². The van der Waals surface area contributed by atoms with Crippen molar-refractivity contribution in [3.8, 4) is 0 Å². The number of aromatic amines is 4. The Morgan fingerprint density at radius 3 is 0.643 bits per heavy atom. The Morgan fingerprint density at radius 1 is 0.232 bits per heavy atom. The van der Waals surface area contributed by atoms with Gasteiger partial charge in [-0.25, -0.2) is 20.0 Å². The summed E-state index contributed by atoms with van der Waals surface area (Å²) in [7, 11) is 0. The van der Waals surface area contributed by atoms with E-state index in [9.17, 15) is 0 Å². The van der Waals surface area contributed by atoms with E-state index in [2.05, 4.69) is 166 Å². The Morgan fingerprint density at radius 2 is 0.429 bits per heavy atom. The van der Waals surface area contributed by atoms with Crippen LogP contribution in [0.3, 0.4) is 0 Å². The van der Waals surface area contributed by atoms with Crippen LogP contribution < -0.4 is 22.0 Å². The standard InChI is InChI=1S/C48H28N8/c1-2-10-26-18-34-33(17-25(26)9-1)41-49-42(34)54-44-37-21-29-13-5-6-14-30(29)22-38(37)46(51-44)56-48-40-24-32-16-8-7-15-31(32)23-39(40)47(52-48)55-45-36-20-28-12-4-3-11-27(28)19-35(36)43(50-45)53-41/h1-24H,(H4,49,50,51,52,53,54,55,56). The van der Waals surface area contributed by atoms with Gasteiger partial charge in [-0.05, 0) is 91.6 Å².